The van der Waals surface area contributed by atoms with Crippen LogP contribution in [-0.2, 0) is 9.53 Å². The third kappa shape index (κ3) is 0.888. The minimum Gasteiger partial charge on any atom is -0.462 e. The van der Waals surface area contributed by atoms with E-state index in [9.17, 15) is 9.90 Å². The van der Waals surface area contributed by atoms with Crippen molar-refractivity contribution in [2.75, 3.05) is 0 Å². The van der Waals surface area contributed by atoms with Crippen LogP contribution in [0.25, 0.3) is 0 Å². The first-order valence-corrected chi connectivity index (χ1v) is 5.41. The summed E-state index contributed by atoms with van der Waals surface area (Å²) in [4.78, 5) is 11.6. The lowest BCUT2D eigenvalue weighted by molar-refractivity contribution is -0.146. The number of hydrogen-bond acceptors (Lipinski definition) is 3. The lowest BCUT2D eigenvalue weighted by Crippen LogP contribution is -2.41. The minimum atomic E-state index is -0.738. The Bertz CT molecular complexity index is 289. The molecule has 0 aromatic carbocycles. The number of hydrogen-bond donors (Lipinski definition) is 1. The maximum Gasteiger partial charge on any atom is 0.310 e. The average Bonchev–Trinajstić information content (AvgIpc) is 2.59. The molecule has 78 valence electrons. The molecule has 2 aliphatic carbocycles. The van der Waals surface area contributed by atoms with E-state index in [-0.39, 0.29) is 23.9 Å². The van der Waals surface area contributed by atoms with Crippen molar-refractivity contribution < 1.29 is 14.6 Å². The number of fused-ring (bicyclic) bond motifs is 1. The van der Waals surface area contributed by atoms with Gasteiger partial charge in [0.25, 0.3) is 0 Å². The van der Waals surface area contributed by atoms with Crippen molar-refractivity contribution >= 4 is 5.97 Å². The highest BCUT2D eigenvalue weighted by Gasteiger charge is 2.64. The van der Waals surface area contributed by atoms with Crippen molar-refractivity contribution in [2.24, 2.45) is 23.7 Å². The van der Waals surface area contributed by atoms with Crippen LogP contribution in [0.5, 0.6) is 0 Å². The number of ether oxygens (including phenoxy) is 1. The molecular formula is C11H16O3. The fourth-order valence-electron chi connectivity index (χ4n) is 4.00. The highest BCUT2D eigenvalue weighted by atomic mass is 16.6. The molecule has 14 heavy (non-hydrogen) atoms. The largest absolute Gasteiger partial charge is 0.462 e. The predicted octanol–water partition coefficient (Wildman–Crippen LogP) is 0.955. The Kier molecular flexibility index (Phi) is 1.45. The van der Waals surface area contributed by atoms with E-state index in [1.54, 1.807) is 0 Å². The van der Waals surface area contributed by atoms with Crippen molar-refractivity contribution in [3.8, 4) is 0 Å². The normalized spacial score (nSPS) is 49.9. The lowest BCUT2D eigenvalue weighted by atomic mass is 9.72. The Morgan fingerprint density at radius 1 is 1.43 bits per heavy atom. The van der Waals surface area contributed by atoms with Gasteiger partial charge < -0.3 is 9.84 Å². The third-order valence-electron chi connectivity index (χ3n) is 4.30. The van der Waals surface area contributed by atoms with Gasteiger partial charge in [0, 0.05) is 11.8 Å². The summed E-state index contributed by atoms with van der Waals surface area (Å²) in [7, 11) is 0. The van der Waals surface area contributed by atoms with E-state index in [1.807, 2.05) is 13.8 Å². The van der Waals surface area contributed by atoms with Crippen LogP contribution < -0.4 is 0 Å². The summed E-state index contributed by atoms with van der Waals surface area (Å²) < 4.78 is 5.31. The molecule has 3 aliphatic rings. The van der Waals surface area contributed by atoms with Crippen LogP contribution in [-0.4, -0.2) is 22.8 Å². The Hall–Kier alpha value is -0.570. The second-order valence-corrected chi connectivity index (χ2v) is 5.58. The molecule has 1 heterocycles. The first-order chi connectivity index (χ1) is 6.48. The van der Waals surface area contributed by atoms with Crippen molar-refractivity contribution in [2.45, 2.75) is 38.4 Å². The molecule has 3 nitrogen and oxygen atoms in total. The van der Waals surface area contributed by atoms with Gasteiger partial charge in [0.15, 0.2) is 0 Å². The Labute approximate surface area is 83.4 Å². The van der Waals surface area contributed by atoms with Crippen molar-refractivity contribution in [3.05, 3.63) is 0 Å². The van der Waals surface area contributed by atoms with Gasteiger partial charge in [0.2, 0.25) is 0 Å². The molecule has 0 amide bonds. The monoisotopic (exact) mass is 196 g/mol. The lowest BCUT2D eigenvalue weighted by Gasteiger charge is -2.34. The summed E-state index contributed by atoms with van der Waals surface area (Å²) >= 11 is 0. The van der Waals surface area contributed by atoms with Crippen LogP contribution in [0.3, 0.4) is 0 Å². The highest BCUT2D eigenvalue weighted by molar-refractivity contribution is 5.77. The molecule has 0 aromatic heterocycles. The molecule has 3 fully saturated rings. The molecule has 5 atom stereocenters. The summed E-state index contributed by atoms with van der Waals surface area (Å²) in [5.74, 6) is 0.954. The topological polar surface area (TPSA) is 46.5 Å². The molecule has 0 radical (unpaired) electrons. The van der Waals surface area contributed by atoms with Crippen LogP contribution in [0.4, 0.5) is 0 Å². The van der Waals surface area contributed by atoms with Gasteiger partial charge in [-0.05, 0) is 32.6 Å². The summed E-state index contributed by atoms with van der Waals surface area (Å²) in [5.41, 5.74) is -0.738. The van der Waals surface area contributed by atoms with E-state index < -0.39 is 5.60 Å². The summed E-state index contributed by atoms with van der Waals surface area (Å²) in [6.07, 6.45) is 2.23. The molecule has 1 N–H and O–H groups in total. The van der Waals surface area contributed by atoms with Crippen LogP contribution in [0.15, 0.2) is 0 Å². The molecule has 3 heteroatoms. The van der Waals surface area contributed by atoms with Crippen molar-refractivity contribution in [3.63, 3.8) is 0 Å². The minimum absolute atomic E-state index is 0.0150. The number of rotatable bonds is 1. The standard InChI is InChI=1S/C11H16O3/c1-11(2,13)9-5-3-6-7(4-5)14-10(12)8(6)9/h5-9,13H,3-4H2,1-2H3/t5-,6+,7-,8-,9+/m1/s1. The molecule has 1 aliphatic heterocycles. The van der Waals surface area contributed by atoms with Gasteiger partial charge in [0.1, 0.15) is 6.10 Å². The van der Waals surface area contributed by atoms with E-state index in [0.717, 1.165) is 12.8 Å². The van der Waals surface area contributed by atoms with Crippen molar-refractivity contribution in [1.29, 1.82) is 0 Å². The number of carbonyl (C=O) groups is 1. The van der Waals surface area contributed by atoms with Crippen LogP contribution in [0.1, 0.15) is 26.7 Å². The van der Waals surface area contributed by atoms with Gasteiger partial charge >= 0.3 is 5.97 Å². The van der Waals surface area contributed by atoms with E-state index >= 15 is 0 Å². The molecule has 2 bridgehead atoms. The highest BCUT2D eigenvalue weighted by Crippen LogP contribution is 2.60. The van der Waals surface area contributed by atoms with Crippen LogP contribution >= 0.6 is 0 Å². The Morgan fingerprint density at radius 3 is 2.79 bits per heavy atom. The predicted molar refractivity (Wildman–Crippen MR) is 49.4 cm³/mol. The van der Waals surface area contributed by atoms with Gasteiger partial charge in [-0.3, -0.25) is 4.79 Å². The molecule has 0 spiro atoms. The van der Waals surface area contributed by atoms with E-state index in [0.29, 0.717) is 11.8 Å². The van der Waals surface area contributed by atoms with Crippen LogP contribution in [0.2, 0.25) is 0 Å². The maximum atomic E-state index is 11.6. The van der Waals surface area contributed by atoms with E-state index in [1.165, 1.54) is 0 Å². The molecular weight excluding hydrogens is 180 g/mol. The second kappa shape index (κ2) is 2.32. The van der Waals surface area contributed by atoms with Gasteiger partial charge in [-0.2, -0.15) is 0 Å². The SMILES string of the molecule is CC(C)(O)[C@H]1[C@@H]2C[C@@H]3[C@H]1C(=O)O[C@@H]3C2. The smallest absolute Gasteiger partial charge is 0.310 e. The molecule has 0 unspecified atom stereocenters. The molecule has 3 rings (SSSR count). The molecule has 1 saturated heterocycles. The molecule has 0 aromatic rings. The molecule has 2 saturated carbocycles. The van der Waals surface area contributed by atoms with E-state index in [2.05, 4.69) is 0 Å². The second-order valence-electron chi connectivity index (χ2n) is 5.58. The third-order valence-corrected chi connectivity index (χ3v) is 4.30. The number of esters is 1. The van der Waals surface area contributed by atoms with Gasteiger partial charge in [-0.1, -0.05) is 0 Å². The average molecular weight is 196 g/mol. The van der Waals surface area contributed by atoms with Gasteiger partial charge in [0.05, 0.1) is 11.5 Å². The zero-order valence-corrected chi connectivity index (χ0v) is 8.56. The van der Waals surface area contributed by atoms with Crippen molar-refractivity contribution in [1.82, 2.24) is 0 Å². The Morgan fingerprint density at radius 2 is 2.14 bits per heavy atom. The van der Waals surface area contributed by atoms with Gasteiger partial charge in [-0.15, -0.1) is 0 Å². The number of aliphatic hydroxyl groups is 1. The summed E-state index contributed by atoms with van der Waals surface area (Å²) in [5, 5.41) is 10.1. The first kappa shape index (κ1) is 8.72. The first-order valence-electron chi connectivity index (χ1n) is 5.41. The zero-order chi connectivity index (χ0) is 10.1. The maximum absolute atomic E-state index is 11.6. The number of carbonyl (C=O) groups excluding carboxylic acids is 1. The van der Waals surface area contributed by atoms with Gasteiger partial charge in [-0.25, -0.2) is 0 Å². The fraction of sp³-hybridized carbons (Fsp3) is 0.909. The summed E-state index contributed by atoms with van der Waals surface area (Å²) in [6, 6.07) is 0. The zero-order valence-electron chi connectivity index (χ0n) is 8.56. The summed E-state index contributed by atoms with van der Waals surface area (Å²) in [6.45, 7) is 3.64. The van der Waals surface area contributed by atoms with E-state index in [4.69, 9.17) is 4.74 Å². The Balaban J connectivity index is 1.99. The quantitative estimate of drug-likeness (QED) is 0.635. The fourth-order valence-corrected chi connectivity index (χ4v) is 4.00. The van der Waals surface area contributed by atoms with Crippen LogP contribution in [0, 0.1) is 23.7 Å².